The van der Waals surface area contributed by atoms with Crippen molar-refractivity contribution in [3.05, 3.63) is 36.0 Å². The minimum Gasteiger partial charge on any atom is -0.467 e. The normalized spacial score (nSPS) is 17.5. The first kappa shape index (κ1) is 21.8. The molecule has 8 heteroatoms. The second kappa shape index (κ2) is 8.87. The molecule has 0 unspecified atom stereocenters. The van der Waals surface area contributed by atoms with E-state index in [1.54, 1.807) is 33.0 Å². The third kappa shape index (κ3) is 4.99. The van der Waals surface area contributed by atoms with Gasteiger partial charge in [-0.3, -0.25) is 9.36 Å². The molecule has 0 aliphatic carbocycles. The number of nitrogens with zero attached hydrogens (tertiary/aromatic N) is 1. The molecule has 30 heavy (non-hydrogen) atoms. The summed E-state index contributed by atoms with van der Waals surface area (Å²) in [5, 5.41) is 3.53. The first-order valence-corrected chi connectivity index (χ1v) is 10.0. The summed E-state index contributed by atoms with van der Waals surface area (Å²) in [6, 6.07) is 6.44. The molecule has 1 fully saturated rings. The van der Waals surface area contributed by atoms with Gasteiger partial charge in [-0.1, -0.05) is 18.2 Å². The zero-order valence-electron chi connectivity index (χ0n) is 17.8. The Kier molecular flexibility index (Phi) is 6.45. The van der Waals surface area contributed by atoms with E-state index in [4.69, 9.17) is 14.2 Å². The van der Waals surface area contributed by atoms with Crippen LogP contribution in [0.15, 0.2) is 30.5 Å². The van der Waals surface area contributed by atoms with Crippen LogP contribution in [0.5, 0.6) is 0 Å². The second-order valence-corrected chi connectivity index (χ2v) is 8.31. The largest absolute Gasteiger partial charge is 0.467 e. The highest BCUT2D eigenvalue weighted by Crippen LogP contribution is 2.24. The number of rotatable bonds is 5. The number of carbonyl (C=O) groups is 3. The Morgan fingerprint density at radius 1 is 1.27 bits per heavy atom. The lowest BCUT2D eigenvalue weighted by Gasteiger charge is -2.20. The van der Waals surface area contributed by atoms with E-state index in [1.165, 1.54) is 11.7 Å². The summed E-state index contributed by atoms with van der Waals surface area (Å²) in [5.41, 5.74) is 0.738. The number of esters is 1. The Morgan fingerprint density at radius 3 is 2.63 bits per heavy atom. The van der Waals surface area contributed by atoms with Gasteiger partial charge in [-0.2, -0.15) is 0 Å². The molecular weight excluding hydrogens is 388 g/mol. The van der Waals surface area contributed by atoms with Gasteiger partial charge in [0.1, 0.15) is 17.7 Å². The molecule has 162 valence electrons. The highest BCUT2D eigenvalue weighted by molar-refractivity contribution is 5.93. The number of benzene rings is 1. The maximum absolute atomic E-state index is 12.7. The average Bonchev–Trinajstić information content (AvgIpc) is 3.34. The molecule has 3 rings (SSSR count). The zero-order valence-corrected chi connectivity index (χ0v) is 17.8. The molecule has 2 aromatic rings. The minimum atomic E-state index is -0.899. The molecule has 0 saturated carbocycles. The number of hydrogen-bond donors (Lipinski definition) is 1. The van der Waals surface area contributed by atoms with Crippen molar-refractivity contribution in [2.75, 3.05) is 13.7 Å². The average molecular weight is 416 g/mol. The van der Waals surface area contributed by atoms with Gasteiger partial charge in [0.15, 0.2) is 0 Å². The van der Waals surface area contributed by atoms with Gasteiger partial charge >= 0.3 is 12.1 Å². The highest BCUT2D eigenvalue weighted by Gasteiger charge is 2.30. The molecule has 0 radical (unpaired) electrons. The standard InChI is InChI=1S/C22H28N2O6/c1-22(2,3)30-21(27)24-13-14(15-8-5-6-9-17(15)24)12-16(20(26)28-4)23-19(25)18-10-7-11-29-18/h5-6,8-9,13,16,18H,7,10-12H2,1-4H3,(H,23,25)/t16-,18+/m0/s1. The number of para-hydroxylation sites is 1. The lowest BCUT2D eigenvalue weighted by atomic mass is 10.0. The smallest absolute Gasteiger partial charge is 0.419 e. The lowest BCUT2D eigenvalue weighted by molar-refractivity contribution is -0.146. The van der Waals surface area contributed by atoms with Crippen molar-refractivity contribution < 1.29 is 28.6 Å². The van der Waals surface area contributed by atoms with E-state index in [0.717, 1.165) is 17.4 Å². The molecule has 0 spiro atoms. The van der Waals surface area contributed by atoms with Crippen LogP contribution in [0.3, 0.4) is 0 Å². The number of aromatic nitrogens is 1. The Morgan fingerprint density at radius 2 is 2.00 bits per heavy atom. The van der Waals surface area contributed by atoms with Gasteiger partial charge in [-0.05, 0) is 45.2 Å². The number of hydrogen-bond acceptors (Lipinski definition) is 6. The van der Waals surface area contributed by atoms with Crippen LogP contribution in [0, 0.1) is 0 Å². The van der Waals surface area contributed by atoms with Crippen LogP contribution in [0.4, 0.5) is 4.79 Å². The van der Waals surface area contributed by atoms with Gasteiger partial charge in [0.2, 0.25) is 5.91 Å². The molecule has 1 aromatic carbocycles. The summed E-state index contributed by atoms with van der Waals surface area (Å²) in [7, 11) is 1.28. The predicted octanol–water partition coefficient (Wildman–Crippen LogP) is 2.80. The number of amides is 1. The van der Waals surface area contributed by atoms with Gasteiger partial charge in [0, 0.05) is 24.6 Å². The molecule has 8 nitrogen and oxygen atoms in total. The summed E-state index contributed by atoms with van der Waals surface area (Å²) in [5.74, 6) is -0.894. The van der Waals surface area contributed by atoms with Crippen molar-refractivity contribution in [2.24, 2.45) is 0 Å². The summed E-state index contributed by atoms with van der Waals surface area (Å²) in [6.45, 7) is 5.92. The van der Waals surface area contributed by atoms with Crippen LogP contribution in [0.1, 0.15) is 39.2 Å². The van der Waals surface area contributed by atoms with E-state index < -0.39 is 29.8 Å². The number of ether oxygens (including phenoxy) is 3. The van der Waals surface area contributed by atoms with E-state index in [-0.39, 0.29) is 12.3 Å². The lowest BCUT2D eigenvalue weighted by Crippen LogP contribution is -2.47. The summed E-state index contributed by atoms with van der Waals surface area (Å²) in [4.78, 5) is 37.5. The maximum atomic E-state index is 12.7. The fourth-order valence-corrected chi connectivity index (χ4v) is 3.48. The Balaban J connectivity index is 1.89. The number of carbonyl (C=O) groups excluding carboxylic acids is 3. The molecule has 1 aromatic heterocycles. The molecule has 1 amide bonds. The van der Waals surface area contributed by atoms with E-state index in [0.29, 0.717) is 18.5 Å². The number of methoxy groups -OCH3 is 1. The van der Waals surface area contributed by atoms with Crippen LogP contribution >= 0.6 is 0 Å². The van der Waals surface area contributed by atoms with Crippen LogP contribution < -0.4 is 5.32 Å². The first-order chi connectivity index (χ1) is 14.2. The van der Waals surface area contributed by atoms with Crippen molar-refractivity contribution in [2.45, 2.75) is 57.8 Å². The SMILES string of the molecule is COC(=O)[C@H](Cc1cn(C(=O)OC(C)(C)C)c2ccccc12)NC(=O)[C@H]1CCCO1. The van der Waals surface area contributed by atoms with Crippen molar-refractivity contribution in [3.8, 4) is 0 Å². The van der Waals surface area contributed by atoms with Gasteiger partial charge in [0.25, 0.3) is 0 Å². The molecule has 2 atom stereocenters. The number of nitrogens with one attached hydrogen (secondary N) is 1. The second-order valence-electron chi connectivity index (χ2n) is 8.31. The first-order valence-electron chi connectivity index (χ1n) is 10.0. The molecule has 2 heterocycles. The van der Waals surface area contributed by atoms with Crippen LogP contribution in [0.2, 0.25) is 0 Å². The quantitative estimate of drug-likeness (QED) is 0.753. The van der Waals surface area contributed by atoms with E-state index in [1.807, 2.05) is 18.2 Å². The van der Waals surface area contributed by atoms with E-state index in [2.05, 4.69) is 5.32 Å². The highest BCUT2D eigenvalue weighted by atomic mass is 16.6. The summed E-state index contributed by atoms with van der Waals surface area (Å²) >= 11 is 0. The maximum Gasteiger partial charge on any atom is 0.419 e. The molecular formula is C22H28N2O6. The van der Waals surface area contributed by atoms with Gasteiger partial charge in [0.05, 0.1) is 12.6 Å². The predicted molar refractivity (Wildman–Crippen MR) is 110 cm³/mol. The van der Waals surface area contributed by atoms with Crippen LogP contribution in [-0.4, -0.2) is 54.0 Å². The zero-order chi connectivity index (χ0) is 21.9. The third-order valence-electron chi connectivity index (χ3n) is 4.83. The van der Waals surface area contributed by atoms with Crippen LogP contribution in [0.25, 0.3) is 10.9 Å². The Labute approximate surface area is 175 Å². The van der Waals surface area contributed by atoms with E-state index >= 15 is 0 Å². The van der Waals surface area contributed by atoms with E-state index in [9.17, 15) is 14.4 Å². The van der Waals surface area contributed by atoms with Crippen molar-refractivity contribution in [1.29, 1.82) is 0 Å². The van der Waals surface area contributed by atoms with Crippen molar-refractivity contribution in [1.82, 2.24) is 9.88 Å². The van der Waals surface area contributed by atoms with Crippen molar-refractivity contribution >= 4 is 28.9 Å². The topological polar surface area (TPSA) is 95.9 Å². The number of fused-ring (bicyclic) bond motifs is 1. The van der Waals surface area contributed by atoms with Gasteiger partial charge in [-0.25, -0.2) is 9.59 Å². The minimum absolute atomic E-state index is 0.168. The van der Waals surface area contributed by atoms with Gasteiger partial charge in [-0.15, -0.1) is 0 Å². The fraction of sp³-hybridized carbons (Fsp3) is 0.500. The molecule has 1 N–H and O–H groups in total. The monoisotopic (exact) mass is 416 g/mol. The fourth-order valence-electron chi connectivity index (χ4n) is 3.48. The molecule has 1 aliphatic rings. The Bertz CT molecular complexity index is 937. The third-order valence-corrected chi connectivity index (χ3v) is 4.83. The Hall–Kier alpha value is -2.87. The van der Waals surface area contributed by atoms with Gasteiger partial charge < -0.3 is 19.5 Å². The van der Waals surface area contributed by atoms with Crippen LogP contribution in [-0.2, 0) is 30.2 Å². The summed E-state index contributed by atoms with van der Waals surface area (Å²) < 4.78 is 17.2. The van der Waals surface area contributed by atoms with Crippen molar-refractivity contribution in [3.63, 3.8) is 0 Å². The molecule has 0 bridgehead atoms. The molecule has 1 saturated heterocycles. The molecule has 1 aliphatic heterocycles. The summed E-state index contributed by atoms with van der Waals surface area (Å²) in [6.07, 6.45) is 2.18.